The molecular formula is C20H14BrNO2. The lowest BCUT2D eigenvalue weighted by Crippen LogP contribution is -2.07. The van der Waals surface area contributed by atoms with E-state index in [1.807, 2.05) is 42.5 Å². The monoisotopic (exact) mass is 379 g/mol. The van der Waals surface area contributed by atoms with Crippen molar-refractivity contribution in [2.75, 3.05) is 0 Å². The molecule has 3 rings (SSSR count). The summed E-state index contributed by atoms with van der Waals surface area (Å²) >= 11 is 3.39. The molecule has 0 fully saturated rings. The summed E-state index contributed by atoms with van der Waals surface area (Å²) in [4.78, 5) is 16.4. The van der Waals surface area contributed by atoms with Crippen LogP contribution in [0.5, 0.6) is 5.75 Å². The third-order valence-electron chi connectivity index (χ3n) is 3.29. The maximum absolute atomic E-state index is 12.0. The van der Waals surface area contributed by atoms with Gasteiger partial charge in [-0.05, 0) is 66.2 Å². The van der Waals surface area contributed by atoms with E-state index in [-0.39, 0.29) is 5.97 Å². The Labute approximate surface area is 148 Å². The summed E-state index contributed by atoms with van der Waals surface area (Å²) in [6, 6.07) is 23.9. The second-order valence-electron chi connectivity index (χ2n) is 5.06. The molecule has 0 atom stereocenters. The lowest BCUT2D eigenvalue weighted by molar-refractivity contribution is 0.0735. The number of hydrogen-bond donors (Lipinski definition) is 0. The number of aliphatic imine (C=N–C) groups is 1. The maximum atomic E-state index is 12.0. The Morgan fingerprint density at radius 1 is 0.875 bits per heavy atom. The number of hydrogen-bond acceptors (Lipinski definition) is 3. The van der Waals surface area contributed by atoms with Crippen LogP contribution in [0.25, 0.3) is 0 Å². The van der Waals surface area contributed by atoms with Crippen molar-refractivity contribution in [3.05, 3.63) is 94.5 Å². The van der Waals surface area contributed by atoms with Crippen LogP contribution in [0.1, 0.15) is 15.9 Å². The van der Waals surface area contributed by atoms with Crippen molar-refractivity contribution in [2.45, 2.75) is 0 Å². The summed E-state index contributed by atoms with van der Waals surface area (Å²) in [5, 5.41) is 0. The number of nitrogens with zero attached hydrogens (tertiary/aromatic N) is 1. The van der Waals surface area contributed by atoms with Crippen LogP contribution in [0.15, 0.2) is 88.3 Å². The van der Waals surface area contributed by atoms with Crippen LogP contribution in [0.4, 0.5) is 5.69 Å². The van der Waals surface area contributed by atoms with Crippen LogP contribution in [0.3, 0.4) is 0 Å². The van der Waals surface area contributed by atoms with Gasteiger partial charge in [-0.2, -0.15) is 0 Å². The average Bonchev–Trinajstić information content (AvgIpc) is 2.63. The smallest absolute Gasteiger partial charge is 0.343 e. The van der Waals surface area contributed by atoms with E-state index in [4.69, 9.17) is 4.74 Å². The van der Waals surface area contributed by atoms with Crippen molar-refractivity contribution in [1.29, 1.82) is 0 Å². The summed E-state index contributed by atoms with van der Waals surface area (Å²) in [7, 11) is 0. The average molecular weight is 380 g/mol. The predicted molar refractivity (Wildman–Crippen MR) is 99.2 cm³/mol. The van der Waals surface area contributed by atoms with Gasteiger partial charge in [0, 0.05) is 10.7 Å². The summed E-state index contributed by atoms with van der Waals surface area (Å²) in [5.74, 6) is 0.136. The molecule has 3 nitrogen and oxygen atoms in total. The molecule has 3 aromatic carbocycles. The molecule has 0 saturated carbocycles. The van der Waals surface area contributed by atoms with Gasteiger partial charge in [0.05, 0.1) is 11.3 Å². The van der Waals surface area contributed by atoms with Gasteiger partial charge in [-0.15, -0.1) is 0 Å². The normalized spacial score (nSPS) is 10.7. The van der Waals surface area contributed by atoms with Gasteiger partial charge in [0.2, 0.25) is 0 Å². The maximum Gasteiger partial charge on any atom is 0.343 e. The zero-order chi connectivity index (χ0) is 16.8. The highest BCUT2D eigenvalue weighted by Gasteiger charge is 2.07. The van der Waals surface area contributed by atoms with E-state index in [0.717, 1.165) is 15.7 Å². The van der Waals surface area contributed by atoms with Gasteiger partial charge in [-0.1, -0.05) is 34.1 Å². The lowest BCUT2D eigenvalue weighted by atomic mass is 10.2. The van der Waals surface area contributed by atoms with Gasteiger partial charge in [0.25, 0.3) is 0 Å². The fourth-order valence-corrected chi connectivity index (χ4v) is 2.30. The van der Waals surface area contributed by atoms with Crippen LogP contribution in [-0.2, 0) is 0 Å². The van der Waals surface area contributed by atoms with Crippen LogP contribution >= 0.6 is 15.9 Å². The molecule has 0 N–H and O–H groups in total. The Morgan fingerprint density at radius 3 is 2.21 bits per heavy atom. The summed E-state index contributed by atoms with van der Waals surface area (Å²) in [6.45, 7) is 0. The first kappa shape index (κ1) is 16.1. The SMILES string of the molecule is O=C(Oc1ccc(C=Nc2ccc(Br)cc2)cc1)c1ccccc1. The number of esters is 1. The van der Waals surface area contributed by atoms with E-state index in [0.29, 0.717) is 11.3 Å². The third kappa shape index (κ3) is 4.40. The van der Waals surface area contributed by atoms with Gasteiger partial charge in [-0.3, -0.25) is 4.99 Å². The summed E-state index contributed by atoms with van der Waals surface area (Å²) in [6.07, 6.45) is 1.77. The first-order valence-electron chi connectivity index (χ1n) is 7.38. The van der Waals surface area contributed by atoms with Gasteiger partial charge >= 0.3 is 5.97 Å². The highest BCUT2D eigenvalue weighted by molar-refractivity contribution is 9.10. The minimum Gasteiger partial charge on any atom is -0.423 e. The Balaban J connectivity index is 1.65. The molecule has 0 heterocycles. The molecule has 0 unspecified atom stereocenters. The number of halogens is 1. The minimum absolute atomic E-state index is 0.369. The fourth-order valence-electron chi connectivity index (χ4n) is 2.04. The molecule has 0 aromatic heterocycles. The Morgan fingerprint density at radius 2 is 1.54 bits per heavy atom. The van der Waals surface area contributed by atoms with E-state index in [9.17, 15) is 4.79 Å². The minimum atomic E-state index is -0.369. The van der Waals surface area contributed by atoms with Gasteiger partial charge in [0.1, 0.15) is 5.75 Å². The van der Waals surface area contributed by atoms with Crippen LogP contribution in [-0.4, -0.2) is 12.2 Å². The number of carbonyl (C=O) groups excluding carboxylic acids is 1. The molecule has 24 heavy (non-hydrogen) atoms. The number of benzene rings is 3. The molecule has 0 amide bonds. The van der Waals surface area contributed by atoms with Crippen molar-refractivity contribution >= 4 is 33.8 Å². The third-order valence-corrected chi connectivity index (χ3v) is 3.82. The molecule has 0 saturated heterocycles. The Hall–Kier alpha value is -2.72. The van der Waals surface area contributed by atoms with E-state index >= 15 is 0 Å². The van der Waals surface area contributed by atoms with E-state index < -0.39 is 0 Å². The molecule has 0 spiro atoms. The summed E-state index contributed by atoms with van der Waals surface area (Å²) in [5.41, 5.74) is 2.33. The fraction of sp³-hybridized carbons (Fsp3) is 0. The highest BCUT2D eigenvalue weighted by Crippen LogP contribution is 2.17. The van der Waals surface area contributed by atoms with E-state index in [2.05, 4.69) is 20.9 Å². The molecule has 0 aliphatic heterocycles. The Bertz CT molecular complexity index is 841. The van der Waals surface area contributed by atoms with Crippen molar-refractivity contribution in [3.63, 3.8) is 0 Å². The Kier molecular flexibility index (Phi) is 5.18. The molecule has 4 heteroatoms. The first-order chi connectivity index (χ1) is 11.7. The molecule has 118 valence electrons. The van der Waals surface area contributed by atoms with E-state index in [1.165, 1.54) is 0 Å². The number of rotatable bonds is 4. The topological polar surface area (TPSA) is 38.7 Å². The molecule has 0 bridgehead atoms. The van der Waals surface area contributed by atoms with Crippen LogP contribution in [0, 0.1) is 0 Å². The second-order valence-corrected chi connectivity index (χ2v) is 5.97. The highest BCUT2D eigenvalue weighted by atomic mass is 79.9. The predicted octanol–water partition coefficient (Wildman–Crippen LogP) is 5.42. The van der Waals surface area contributed by atoms with Gasteiger partial charge < -0.3 is 4.74 Å². The second kappa shape index (κ2) is 7.70. The van der Waals surface area contributed by atoms with Crippen molar-refractivity contribution < 1.29 is 9.53 Å². The molecule has 0 aliphatic carbocycles. The lowest BCUT2D eigenvalue weighted by Gasteiger charge is -2.04. The number of carbonyl (C=O) groups is 1. The van der Waals surface area contributed by atoms with Crippen molar-refractivity contribution in [1.82, 2.24) is 0 Å². The van der Waals surface area contributed by atoms with Crippen molar-refractivity contribution in [2.24, 2.45) is 4.99 Å². The quantitative estimate of drug-likeness (QED) is 0.344. The van der Waals surface area contributed by atoms with Gasteiger partial charge in [-0.25, -0.2) is 4.79 Å². The standard InChI is InChI=1S/C20H14BrNO2/c21-17-8-10-18(11-9-17)22-14-15-6-12-19(13-7-15)24-20(23)16-4-2-1-3-5-16/h1-14H. The van der Waals surface area contributed by atoms with E-state index in [1.54, 1.807) is 42.6 Å². The van der Waals surface area contributed by atoms with Gasteiger partial charge in [0.15, 0.2) is 0 Å². The first-order valence-corrected chi connectivity index (χ1v) is 8.17. The van der Waals surface area contributed by atoms with Crippen LogP contribution in [0.2, 0.25) is 0 Å². The zero-order valence-electron chi connectivity index (χ0n) is 12.7. The molecule has 0 radical (unpaired) electrons. The largest absolute Gasteiger partial charge is 0.423 e. The van der Waals surface area contributed by atoms with Crippen molar-refractivity contribution in [3.8, 4) is 5.75 Å². The summed E-state index contributed by atoms with van der Waals surface area (Å²) < 4.78 is 6.36. The zero-order valence-corrected chi connectivity index (χ0v) is 14.3. The molecular weight excluding hydrogens is 366 g/mol. The number of ether oxygens (including phenoxy) is 1. The molecule has 3 aromatic rings. The van der Waals surface area contributed by atoms with Crippen LogP contribution < -0.4 is 4.74 Å². The molecule has 0 aliphatic rings.